The number of carbonyl (C=O) groups is 3. The summed E-state index contributed by atoms with van der Waals surface area (Å²) in [5.41, 5.74) is -0.731. The largest absolute Gasteiger partial charge is 0.481 e. The van der Waals surface area contributed by atoms with Gasteiger partial charge < -0.3 is 19.9 Å². The zero-order chi connectivity index (χ0) is 15.8. The number of hydrogen-bond donors (Lipinski definition) is 2. The fourth-order valence-corrected chi connectivity index (χ4v) is 1.21. The minimum absolute atomic E-state index is 0.00813. The van der Waals surface area contributed by atoms with E-state index in [2.05, 4.69) is 16.6 Å². The monoisotopic (exact) mass is 287 g/mol. The Morgan fingerprint density at radius 3 is 2.40 bits per heavy atom. The molecule has 0 aliphatic rings. The second-order valence-electron chi connectivity index (χ2n) is 5.05. The van der Waals surface area contributed by atoms with Crippen LogP contribution in [0.5, 0.6) is 0 Å². The Kier molecular flexibility index (Phi) is 7.35. The van der Waals surface area contributed by atoms with Crippen LogP contribution in [0.25, 0.3) is 0 Å². The van der Waals surface area contributed by atoms with E-state index in [1.54, 1.807) is 20.8 Å². The van der Waals surface area contributed by atoms with Crippen LogP contribution in [0, 0.1) is 0 Å². The molecule has 0 bridgehead atoms. The van der Waals surface area contributed by atoms with Crippen molar-refractivity contribution in [2.75, 3.05) is 6.61 Å². The number of esters is 1. The SMILES string of the molecule is C=CCOC(=O)N[C@@H](CCC(=O)O)C(=O)OC(C)(C)C. The lowest BCUT2D eigenvalue weighted by Gasteiger charge is -2.24. The van der Waals surface area contributed by atoms with Gasteiger partial charge in [0.25, 0.3) is 0 Å². The lowest BCUT2D eigenvalue weighted by molar-refractivity contribution is -0.157. The number of aliphatic carboxylic acids is 1. The molecule has 0 saturated heterocycles. The Morgan fingerprint density at radius 1 is 1.35 bits per heavy atom. The summed E-state index contributed by atoms with van der Waals surface area (Å²) in [4.78, 5) is 33.8. The van der Waals surface area contributed by atoms with Crippen LogP contribution in [0.1, 0.15) is 33.6 Å². The van der Waals surface area contributed by atoms with Gasteiger partial charge in [0.15, 0.2) is 0 Å². The maximum absolute atomic E-state index is 11.9. The molecule has 1 atom stereocenters. The Balaban J connectivity index is 4.62. The molecule has 0 aromatic rings. The maximum atomic E-state index is 11.9. The predicted molar refractivity (Wildman–Crippen MR) is 71.2 cm³/mol. The van der Waals surface area contributed by atoms with E-state index in [0.717, 1.165) is 0 Å². The van der Waals surface area contributed by atoms with Crippen molar-refractivity contribution < 1.29 is 29.0 Å². The number of alkyl carbamates (subject to hydrolysis) is 1. The smallest absolute Gasteiger partial charge is 0.408 e. The van der Waals surface area contributed by atoms with Gasteiger partial charge in [-0.05, 0) is 27.2 Å². The van der Waals surface area contributed by atoms with Gasteiger partial charge in [-0.25, -0.2) is 9.59 Å². The van der Waals surface area contributed by atoms with E-state index >= 15 is 0 Å². The molecule has 20 heavy (non-hydrogen) atoms. The zero-order valence-corrected chi connectivity index (χ0v) is 12.0. The summed E-state index contributed by atoms with van der Waals surface area (Å²) in [5, 5.41) is 10.9. The van der Waals surface area contributed by atoms with Crippen LogP contribution in [-0.2, 0) is 19.1 Å². The van der Waals surface area contributed by atoms with Crippen LogP contribution in [0.2, 0.25) is 0 Å². The van der Waals surface area contributed by atoms with Crippen LogP contribution >= 0.6 is 0 Å². The quantitative estimate of drug-likeness (QED) is 0.543. The van der Waals surface area contributed by atoms with E-state index < -0.39 is 29.7 Å². The Hall–Kier alpha value is -2.05. The van der Waals surface area contributed by atoms with Gasteiger partial charge in [-0.15, -0.1) is 0 Å². The molecule has 7 nitrogen and oxygen atoms in total. The third kappa shape index (κ3) is 8.96. The molecule has 0 heterocycles. The fraction of sp³-hybridized carbons (Fsp3) is 0.615. The highest BCUT2D eigenvalue weighted by Crippen LogP contribution is 2.11. The molecule has 114 valence electrons. The third-order valence-electron chi connectivity index (χ3n) is 1.96. The van der Waals surface area contributed by atoms with Crippen molar-refractivity contribution in [3.05, 3.63) is 12.7 Å². The number of carbonyl (C=O) groups excluding carboxylic acids is 2. The molecule has 1 amide bonds. The first-order valence-electron chi connectivity index (χ1n) is 6.14. The minimum atomic E-state index is -1.07. The lowest BCUT2D eigenvalue weighted by atomic mass is 10.1. The molecule has 7 heteroatoms. The number of nitrogens with one attached hydrogen (secondary N) is 1. The Bertz CT molecular complexity index is 372. The molecule has 0 unspecified atom stereocenters. The normalized spacial score (nSPS) is 12.2. The number of carboxylic acids is 1. The van der Waals surface area contributed by atoms with Crippen molar-refractivity contribution in [2.45, 2.75) is 45.3 Å². The molecule has 0 aromatic heterocycles. The summed E-state index contributed by atoms with van der Waals surface area (Å²) < 4.78 is 9.80. The standard InChI is InChI=1S/C13H21NO6/c1-5-8-19-12(18)14-9(6-7-10(15)16)11(17)20-13(2,3)4/h5,9H,1,6-8H2,2-4H3,(H,14,18)(H,15,16)/t9-/m0/s1. The fourth-order valence-electron chi connectivity index (χ4n) is 1.21. The van der Waals surface area contributed by atoms with Gasteiger partial charge in [-0.3, -0.25) is 4.79 Å². The van der Waals surface area contributed by atoms with E-state index in [-0.39, 0.29) is 19.4 Å². The van der Waals surface area contributed by atoms with Crippen LogP contribution in [0.3, 0.4) is 0 Å². The topological polar surface area (TPSA) is 102 Å². The van der Waals surface area contributed by atoms with E-state index in [4.69, 9.17) is 9.84 Å². The molecule has 0 aliphatic heterocycles. The zero-order valence-electron chi connectivity index (χ0n) is 12.0. The lowest BCUT2D eigenvalue weighted by Crippen LogP contribution is -2.44. The highest BCUT2D eigenvalue weighted by Gasteiger charge is 2.27. The van der Waals surface area contributed by atoms with Crippen molar-refractivity contribution in [2.24, 2.45) is 0 Å². The summed E-state index contributed by atoms with van der Waals surface area (Å²) >= 11 is 0. The second kappa shape index (κ2) is 8.19. The second-order valence-corrected chi connectivity index (χ2v) is 5.05. The Morgan fingerprint density at radius 2 is 1.95 bits per heavy atom. The van der Waals surface area contributed by atoms with Crippen molar-refractivity contribution >= 4 is 18.0 Å². The highest BCUT2D eigenvalue weighted by molar-refractivity contribution is 5.82. The van der Waals surface area contributed by atoms with E-state index in [1.165, 1.54) is 6.08 Å². The molecule has 0 aliphatic carbocycles. The van der Waals surface area contributed by atoms with Crippen molar-refractivity contribution in [1.82, 2.24) is 5.32 Å². The first-order valence-corrected chi connectivity index (χ1v) is 6.14. The van der Waals surface area contributed by atoms with Crippen LogP contribution in [0.15, 0.2) is 12.7 Å². The first kappa shape index (κ1) is 17.9. The molecule has 0 spiro atoms. The average molecular weight is 287 g/mol. The molecule has 0 aromatic carbocycles. The van der Waals surface area contributed by atoms with E-state index in [9.17, 15) is 14.4 Å². The number of amides is 1. The van der Waals surface area contributed by atoms with Crippen molar-refractivity contribution in [3.63, 3.8) is 0 Å². The van der Waals surface area contributed by atoms with Crippen LogP contribution in [-0.4, -0.2) is 41.4 Å². The van der Waals surface area contributed by atoms with Crippen LogP contribution < -0.4 is 5.32 Å². The van der Waals surface area contributed by atoms with Crippen LogP contribution in [0.4, 0.5) is 4.79 Å². The van der Waals surface area contributed by atoms with Gasteiger partial charge in [0.2, 0.25) is 0 Å². The molecule has 2 N–H and O–H groups in total. The molecule has 0 radical (unpaired) electrons. The van der Waals surface area contributed by atoms with Crippen molar-refractivity contribution in [1.29, 1.82) is 0 Å². The Labute approximate surface area is 117 Å². The van der Waals surface area contributed by atoms with Gasteiger partial charge >= 0.3 is 18.0 Å². The molecule has 0 saturated carbocycles. The summed E-state index contributed by atoms with van der Waals surface area (Å²) in [5.74, 6) is -1.77. The first-order chi connectivity index (χ1) is 9.15. The molecular weight excluding hydrogens is 266 g/mol. The highest BCUT2D eigenvalue weighted by atomic mass is 16.6. The number of rotatable bonds is 7. The minimum Gasteiger partial charge on any atom is -0.481 e. The number of carboxylic acid groups (broad SMARTS) is 1. The van der Waals surface area contributed by atoms with E-state index in [0.29, 0.717) is 0 Å². The predicted octanol–water partition coefficient (Wildman–Crippen LogP) is 1.47. The summed E-state index contributed by atoms with van der Waals surface area (Å²) in [7, 11) is 0. The van der Waals surface area contributed by atoms with Gasteiger partial charge in [0, 0.05) is 6.42 Å². The van der Waals surface area contributed by atoms with Gasteiger partial charge in [0.1, 0.15) is 18.2 Å². The van der Waals surface area contributed by atoms with Crippen molar-refractivity contribution in [3.8, 4) is 0 Å². The average Bonchev–Trinajstić information content (AvgIpc) is 2.29. The summed E-state index contributed by atoms with van der Waals surface area (Å²) in [6.07, 6.45) is 0.199. The summed E-state index contributed by atoms with van der Waals surface area (Å²) in [6, 6.07) is -1.07. The van der Waals surface area contributed by atoms with Gasteiger partial charge in [-0.2, -0.15) is 0 Å². The summed E-state index contributed by atoms with van der Waals surface area (Å²) in [6.45, 7) is 8.40. The maximum Gasteiger partial charge on any atom is 0.408 e. The third-order valence-corrected chi connectivity index (χ3v) is 1.96. The van der Waals surface area contributed by atoms with E-state index in [1.807, 2.05) is 0 Å². The van der Waals surface area contributed by atoms with Gasteiger partial charge in [0.05, 0.1) is 0 Å². The van der Waals surface area contributed by atoms with Gasteiger partial charge in [-0.1, -0.05) is 12.7 Å². The molecule has 0 rings (SSSR count). The number of ether oxygens (including phenoxy) is 2. The molecular formula is C13H21NO6. The number of hydrogen-bond acceptors (Lipinski definition) is 5. The molecule has 0 fully saturated rings.